The summed E-state index contributed by atoms with van der Waals surface area (Å²) in [7, 11) is 0. The Bertz CT molecular complexity index is 592. The van der Waals surface area contributed by atoms with Gasteiger partial charge in [-0.25, -0.2) is 9.13 Å². The van der Waals surface area contributed by atoms with Gasteiger partial charge in [-0.3, -0.25) is 0 Å². The molecular weight excluding hydrogens is 352 g/mol. The molecule has 0 amide bonds. The van der Waals surface area contributed by atoms with E-state index in [-0.39, 0.29) is 12.4 Å². The number of unbranched alkanes of at least 4 members (excludes halogenated alkanes) is 9. The highest BCUT2D eigenvalue weighted by atomic mass is 35.5. The topological polar surface area (TPSA) is 8.81 Å². The lowest BCUT2D eigenvalue weighted by Crippen LogP contribution is -3.00. The molecule has 0 spiro atoms. The highest BCUT2D eigenvalue weighted by Crippen LogP contribution is 2.11. The summed E-state index contributed by atoms with van der Waals surface area (Å²) in [4.78, 5) is 0. The van der Waals surface area contributed by atoms with E-state index in [9.17, 15) is 0 Å². The monoisotopic (exact) mass is 390 g/mol. The number of benzene rings is 1. The van der Waals surface area contributed by atoms with Gasteiger partial charge in [-0.05, 0) is 18.4 Å². The van der Waals surface area contributed by atoms with Crippen LogP contribution >= 0.6 is 0 Å². The number of aryl methyl sites for hydroxylation is 1. The van der Waals surface area contributed by atoms with Crippen LogP contribution < -0.4 is 17.0 Å². The molecule has 0 fully saturated rings. The van der Waals surface area contributed by atoms with Crippen molar-refractivity contribution in [3.8, 4) is 0 Å². The van der Waals surface area contributed by atoms with Gasteiger partial charge in [0.2, 0.25) is 0 Å². The minimum absolute atomic E-state index is 0. The van der Waals surface area contributed by atoms with Crippen LogP contribution in [0.1, 0.15) is 89.4 Å². The third-order valence-electron chi connectivity index (χ3n) is 5.35. The first-order chi connectivity index (χ1) is 12.8. The third kappa shape index (κ3) is 8.97. The predicted molar refractivity (Wildman–Crippen MR) is 111 cm³/mol. The molecule has 1 aromatic carbocycles. The molecule has 152 valence electrons. The summed E-state index contributed by atoms with van der Waals surface area (Å²) >= 11 is 0. The Morgan fingerprint density at radius 2 is 1.37 bits per heavy atom. The van der Waals surface area contributed by atoms with E-state index in [0.29, 0.717) is 0 Å². The molecule has 0 saturated carbocycles. The zero-order chi connectivity index (χ0) is 18.5. The fraction of sp³-hybridized carbons (Fsp3) is 0.625. The van der Waals surface area contributed by atoms with Gasteiger partial charge < -0.3 is 12.4 Å². The molecule has 3 heteroatoms. The minimum Gasteiger partial charge on any atom is -1.00 e. The lowest BCUT2D eigenvalue weighted by molar-refractivity contribution is -0.704. The van der Waals surface area contributed by atoms with Crippen molar-refractivity contribution in [3.05, 3.63) is 54.1 Å². The summed E-state index contributed by atoms with van der Waals surface area (Å²) in [5, 5.41) is 0. The Balaban J connectivity index is 0.00000364. The fourth-order valence-electron chi connectivity index (χ4n) is 3.80. The van der Waals surface area contributed by atoms with Gasteiger partial charge in [0, 0.05) is 6.42 Å². The first-order valence-corrected chi connectivity index (χ1v) is 11.0. The standard InChI is InChI=1S/C24H39N2.ClH/c1-3-5-6-7-8-9-10-11-12-16-19-25-20-21-26(24(25)4-2)22-23-17-14-13-15-18-23;/h13-15,17-18,20-21H,3-12,16,19,22H2,1-2H3;1H/q+1;/p-1. The van der Waals surface area contributed by atoms with Crippen molar-refractivity contribution in [3.63, 3.8) is 0 Å². The minimum atomic E-state index is 0. The van der Waals surface area contributed by atoms with E-state index in [4.69, 9.17) is 0 Å². The van der Waals surface area contributed by atoms with Gasteiger partial charge in [0.05, 0.1) is 6.54 Å². The smallest absolute Gasteiger partial charge is 0.256 e. The molecule has 1 heterocycles. The molecular formula is C24H39ClN2. The summed E-state index contributed by atoms with van der Waals surface area (Å²) in [5.41, 5.74) is 1.38. The Morgan fingerprint density at radius 3 is 1.96 bits per heavy atom. The lowest BCUT2D eigenvalue weighted by atomic mass is 10.1. The number of aromatic nitrogens is 2. The SMILES string of the molecule is CCCCCCCCCCCC[n+]1ccn(Cc2ccccc2)c1CC.[Cl-]. The van der Waals surface area contributed by atoms with Crippen molar-refractivity contribution < 1.29 is 17.0 Å². The second-order valence-electron chi connectivity index (χ2n) is 7.56. The lowest BCUT2D eigenvalue weighted by Gasteiger charge is -2.05. The van der Waals surface area contributed by atoms with Crippen LogP contribution in [0.25, 0.3) is 0 Å². The molecule has 0 N–H and O–H groups in total. The van der Waals surface area contributed by atoms with Crippen LogP contribution in [0.5, 0.6) is 0 Å². The first-order valence-electron chi connectivity index (χ1n) is 11.0. The second kappa shape index (κ2) is 14.7. The third-order valence-corrected chi connectivity index (χ3v) is 5.35. The van der Waals surface area contributed by atoms with E-state index < -0.39 is 0 Å². The van der Waals surface area contributed by atoms with Gasteiger partial charge in [-0.15, -0.1) is 0 Å². The molecule has 0 aliphatic carbocycles. The molecule has 0 saturated heterocycles. The molecule has 2 aromatic rings. The van der Waals surface area contributed by atoms with E-state index in [1.54, 1.807) is 0 Å². The highest BCUT2D eigenvalue weighted by Gasteiger charge is 2.14. The average molecular weight is 391 g/mol. The van der Waals surface area contributed by atoms with E-state index >= 15 is 0 Å². The van der Waals surface area contributed by atoms with E-state index in [1.165, 1.54) is 82.1 Å². The van der Waals surface area contributed by atoms with E-state index in [2.05, 4.69) is 65.7 Å². The maximum Gasteiger partial charge on any atom is 0.256 e. The molecule has 0 unspecified atom stereocenters. The average Bonchev–Trinajstić information content (AvgIpc) is 3.05. The number of rotatable bonds is 14. The molecule has 0 aliphatic rings. The summed E-state index contributed by atoms with van der Waals surface area (Å²) in [6, 6.07) is 10.8. The van der Waals surface area contributed by atoms with Gasteiger partial charge in [0.1, 0.15) is 18.9 Å². The summed E-state index contributed by atoms with van der Waals surface area (Å²) in [6.45, 7) is 6.71. The van der Waals surface area contributed by atoms with Gasteiger partial charge in [-0.2, -0.15) is 0 Å². The van der Waals surface area contributed by atoms with Crippen LogP contribution in [-0.2, 0) is 19.5 Å². The Hall–Kier alpha value is -1.28. The molecule has 27 heavy (non-hydrogen) atoms. The van der Waals surface area contributed by atoms with Crippen LogP contribution in [0.2, 0.25) is 0 Å². The zero-order valence-corrected chi connectivity index (χ0v) is 18.3. The number of hydrogen-bond acceptors (Lipinski definition) is 0. The van der Waals surface area contributed by atoms with Crippen LogP contribution in [0, 0.1) is 0 Å². The molecule has 0 bridgehead atoms. The number of nitrogens with zero attached hydrogens (tertiary/aromatic N) is 2. The largest absolute Gasteiger partial charge is 1.00 e. The quantitative estimate of drug-likeness (QED) is 0.345. The Labute approximate surface area is 173 Å². The maximum absolute atomic E-state index is 2.47. The number of hydrogen-bond donors (Lipinski definition) is 0. The van der Waals surface area contributed by atoms with Crippen molar-refractivity contribution in [2.24, 2.45) is 0 Å². The van der Waals surface area contributed by atoms with E-state index in [1.807, 2.05) is 0 Å². The molecule has 2 rings (SSSR count). The summed E-state index contributed by atoms with van der Waals surface area (Å²) in [6.07, 6.45) is 19.7. The fourth-order valence-corrected chi connectivity index (χ4v) is 3.80. The number of imidazole rings is 1. The van der Waals surface area contributed by atoms with Crippen molar-refractivity contribution >= 4 is 0 Å². The second-order valence-corrected chi connectivity index (χ2v) is 7.56. The molecule has 0 aliphatic heterocycles. The number of halogens is 1. The van der Waals surface area contributed by atoms with Crippen molar-refractivity contribution in [1.29, 1.82) is 0 Å². The van der Waals surface area contributed by atoms with Crippen molar-refractivity contribution in [2.75, 3.05) is 0 Å². The van der Waals surface area contributed by atoms with Crippen LogP contribution in [0.4, 0.5) is 0 Å². The Morgan fingerprint density at radius 1 is 0.778 bits per heavy atom. The molecule has 0 atom stereocenters. The van der Waals surface area contributed by atoms with Crippen molar-refractivity contribution in [2.45, 2.75) is 97.6 Å². The molecule has 1 aromatic heterocycles. The molecule has 2 nitrogen and oxygen atoms in total. The van der Waals surface area contributed by atoms with Crippen molar-refractivity contribution in [1.82, 2.24) is 4.57 Å². The van der Waals surface area contributed by atoms with E-state index in [0.717, 1.165) is 13.0 Å². The zero-order valence-electron chi connectivity index (χ0n) is 17.5. The summed E-state index contributed by atoms with van der Waals surface area (Å²) < 4.78 is 4.87. The van der Waals surface area contributed by atoms with Gasteiger partial charge >= 0.3 is 0 Å². The van der Waals surface area contributed by atoms with Crippen LogP contribution in [0.3, 0.4) is 0 Å². The van der Waals surface area contributed by atoms with Crippen LogP contribution in [0.15, 0.2) is 42.7 Å². The maximum atomic E-state index is 2.47. The van der Waals surface area contributed by atoms with Gasteiger partial charge in [0.15, 0.2) is 0 Å². The van der Waals surface area contributed by atoms with Gasteiger partial charge in [-0.1, -0.05) is 95.5 Å². The normalized spacial score (nSPS) is 10.7. The Kier molecular flexibility index (Phi) is 13.0. The first kappa shape index (κ1) is 23.8. The predicted octanol–water partition coefficient (Wildman–Crippen LogP) is 3.31. The highest BCUT2D eigenvalue weighted by molar-refractivity contribution is 5.15. The van der Waals surface area contributed by atoms with Crippen LogP contribution in [-0.4, -0.2) is 4.57 Å². The molecule has 0 radical (unpaired) electrons. The van der Waals surface area contributed by atoms with Gasteiger partial charge in [0.25, 0.3) is 5.82 Å². The summed E-state index contributed by atoms with van der Waals surface area (Å²) in [5.74, 6) is 1.45.